The molecule has 0 radical (unpaired) electrons. The molecule has 3 N–H and O–H groups in total. The van der Waals surface area contributed by atoms with Crippen LogP contribution in [0.4, 0.5) is 0 Å². The SMILES string of the molecule is CCCC(=O)NC1CCCN(C(=O)C2(N)CCCC2)C1. The molecule has 0 spiro atoms. The van der Waals surface area contributed by atoms with E-state index in [1.54, 1.807) is 0 Å². The first-order valence-electron chi connectivity index (χ1n) is 7.93. The summed E-state index contributed by atoms with van der Waals surface area (Å²) in [7, 11) is 0. The molecule has 0 aromatic rings. The molecule has 0 bridgehead atoms. The summed E-state index contributed by atoms with van der Waals surface area (Å²) in [6.07, 6.45) is 7.01. The Labute approximate surface area is 121 Å². The van der Waals surface area contributed by atoms with E-state index in [0.29, 0.717) is 13.0 Å². The lowest BCUT2D eigenvalue weighted by atomic mass is 9.95. The molecule has 2 rings (SSSR count). The van der Waals surface area contributed by atoms with Gasteiger partial charge in [-0.25, -0.2) is 0 Å². The Hall–Kier alpha value is -1.10. The van der Waals surface area contributed by atoms with E-state index in [1.807, 2.05) is 11.8 Å². The molecule has 1 heterocycles. The number of rotatable bonds is 4. The van der Waals surface area contributed by atoms with Crippen LogP contribution in [0.2, 0.25) is 0 Å². The van der Waals surface area contributed by atoms with Gasteiger partial charge in [-0.15, -0.1) is 0 Å². The van der Waals surface area contributed by atoms with Gasteiger partial charge in [-0.2, -0.15) is 0 Å². The van der Waals surface area contributed by atoms with E-state index in [2.05, 4.69) is 5.32 Å². The minimum Gasteiger partial charge on any atom is -0.352 e. The Morgan fingerprint density at radius 2 is 2.00 bits per heavy atom. The van der Waals surface area contributed by atoms with Gasteiger partial charge in [0.05, 0.1) is 5.54 Å². The summed E-state index contributed by atoms with van der Waals surface area (Å²) < 4.78 is 0. The summed E-state index contributed by atoms with van der Waals surface area (Å²) >= 11 is 0. The van der Waals surface area contributed by atoms with Crippen molar-refractivity contribution in [2.24, 2.45) is 5.73 Å². The second-order valence-electron chi connectivity index (χ2n) is 6.27. The number of amides is 2. The third-order valence-corrected chi connectivity index (χ3v) is 4.47. The van der Waals surface area contributed by atoms with Crippen molar-refractivity contribution in [3.05, 3.63) is 0 Å². The average molecular weight is 281 g/mol. The first-order valence-corrected chi connectivity index (χ1v) is 7.93. The van der Waals surface area contributed by atoms with Crippen LogP contribution in [0.25, 0.3) is 0 Å². The second-order valence-corrected chi connectivity index (χ2v) is 6.27. The number of hydrogen-bond donors (Lipinski definition) is 2. The van der Waals surface area contributed by atoms with E-state index in [9.17, 15) is 9.59 Å². The van der Waals surface area contributed by atoms with E-state index in [0.717, 1.165) is 51.5 Å². The molecule has 2 fully saturated rings. The Balaban J connectivity index is 1.89. The molecule has 1 atom stereocenters. The summed E-state index contributed by atoms with van der Waals surface area (Å²) in [6.45, 7) is 3.39. The first-order chi connectivity index (χ1) is 9.55. The highest BCUT2D eigenvalue weighted by atomic mass is 16.2. The topological polar surface area (TPSA) is 75.4 Å². The number of carbonyl (C=O) groups is 2. The molecule has 0 aromatic carbocycles. The third kappa shape index (κ3) is 3.51. The van der Waals surface area contributed by atoms with Crippen LogP contribution in [0.5, 0.6) is 0 Å². The highest BCUT2D eigenvalue weighted by Crippen LogP contribution is 2.29. The second kappa shape index (κ2) is 6.57. The highest BCUT2D eigenvalue weighted by Gasteiger charge is 2.41. The zero-order chi connectivity index (χ0) is 14.6. The van der Waals surface area contributed by atoms with Crippen molar-refractivity contribution < 1.29 is 9.59 Å². The van der Waals surface area contributed by atoms with Crippen LogP contribution < -0.4 is 11.1 Å². The van der Waals surface area contributed by atoms with Crippen LogP contribution >= 0.6 is 0 Å². The van der Waals surface area contributed by atoms with Gasteiger partial charge in [0, 0.05) is 25.6 Å². The quantitative estimate of drug-likeness (QED) is 0.812. The lowest BCUT2D eigenvalue weighted by Crippen LogP contribution is -2.58. The fraction of sp³-hybridized carbons (Fsp3) is 0.867. The molecule has 0 aromatic heterocycles. The summed E-state index contributed by atoms with van der Waals surface area (Å²) in [6, 6.07) is 0.0942. The first kappa shape index (κ1) is 15.3. The predicted octanol–water partition coefficient (Wildman–Crippen LogP) is 1.17. The number of carbonyl (C=O) groups excluding carboxylic acids is 2. The maximum absolute atomic E-state index is 12.6. The van der Waals surface area contributed by atoms with Crippen molar-refractivity contribution in [1.82, 2.24) is 10.2 Å². The van der Waals surface area contributed by atoms with Crippen molar-refractivity contribution in [2.75, 3.05) is 13.1 Å². The van der Waals surface area contributed by atoms with E-state index in [4.69, 9.17) is 5.73 Å². The average Bonchev–Trinajstić information content (AvgIpc) is 2.86. The number of hydrogen-bond acceptors (Lipinski definition) is 3. The minimum absolute atomic E-state index is 0.0874. The fourth-order valence-corrected chi connectivity index (χ4v) is 3.34. The van der Waals surface area contributed by atoms with Gasteiger partial charge in [0.2, 0.25) is 11.8 Å². The highest BCUT2D eigenvalue weighted by molar-refractivity contribution is 5.86. The van der Waals surface area contributed by atoms with Crippen LogP contribution in [0.1, 0.15) is 58.3 Å². The molecule has 1 aliphatic heterocycles. The lowest BCUT2D eigenvalue weighted by molar-refractivity contribution is -0.139. The van der Waals surface area contributed by atoms with Gasteiger partial charge < -0.3 is 16.0 Å². The summed E-state index contributed by atoms with van der Waals surface area (Å²) in [5.41, 5.74) is 5.61. The van der Waals surface area contributed by atoms with Crippen molar-refractivity contribution in [2.45, 2.75) is 69.9 Å². The standard InChI is InChI=1S/C15H27N3O2/c1-2-6-13(19)17-12-7-5-10-18(11-12)14(20)15(16)8-3-4-9-15/h12H,2-11,16H2,1H3,(H,17,19). The Morgan fingerprint density at radius 3 is 2.65 bits per heavy atom. The van der Waals surface area contributed by atoms with E-state index in [1.165, 1.54) is 0 Å². The normalized spacial score (nSPS) is 25.5. The van der Waals surface area contributed by atoms with E-state index < -0.39 is 5.54 Å². The molecule has 5 heteroatoms. The fourth-order valence-electron chi connectivity index (χ4n) is 3.34. The predicted molar refractivity (Wildman–Crippen MR) is 78.0 cm³/mol. The van der Waals surface area contributed by atoms with E-state index in [-0.39, 0.29) is 17.9 Å². The number of nitrogens with two attached hydrogens (primary N) is 1. The van der Waals surface area contributed by atoms with Crippen molar-refractivity contribution in [3.63, 3.8) is 0 Å². The Bertz CT molecular complexity index is 364. The maximum Gasteiger partial charge on any atom is 0.242 e. The summed E-state index contributed by atoms with van der Waals surface area (Å²) in [5.74, 6) is 0.180. The van der Waals surface area contributed by atoms with Crippen molar-refractivity contribution in [1.29, 1.82) is 0 Å². The summed E-state index contributed by atoms with van der Waals surface area (Å²) in [4.78, 5) is 26.1. The molecular weight excluding hydrogens is 254 g/mol. The van der Waals surface area contributed by atoms with Gasteiger partial charge in [0.1, 0.15) is 0 Å². The monoisotopic (exact) mass is 281 g/mol. The molecule has 5 nitrogen and oxygen atoms in total. The van der Waals surface area contributed by atoms with Crippen LogP contribution in [0.15, 0.2) is 0 Å². The van der Waals surface area contributed by atoms with Gasteiger partial charge in [0.25, 0.3) is 0 Å². The molecule has 1 saturated heterocycles. The third-order valence-electron chi connectivity index (χ3n) is 4.47. The number of nitrogens with zero attached hydrogens (tertiary/aromatic N) is 1. The molecular formula is C15H27N3O2. The maximum atomic E-state index is 12.6. The van der Waals surface area contributed by atoms with Gasteiger partial charge >= 0.3 is 0 Å². The number of likely N-dealkylation sites (tertiary alicyclic amines) is 1. The molecule has 1 saturated carbocycles. The Kier molecular flexibility index (Phi) is 5.02. The van der Waals surface area contributed by atoms with E-state index >= 15 is 0 Å². The molecule has 20 heavy (non-hydrogen) atoms. The minimum atomic E-state index is -0.644. The van der Waals surface area contributed by atoms with Crippen LogP contribution in [-0.4, -0.2) is 41.4 Å². The van der Waals surface area contributed by atoms with Crippen molar-refractivity contribution in [3.8, 4) is 0 Å². The van der Waals surface area contributed by atoms with Crippen LogP contribution in [0.3, 0.4) is 0 Å². The van der Waals surface area contributed by atoms with Crippen molar-refractivity contribution >= 4 is 11.8 Å². The molecule has 1 aliphatic carbocycles. The number of piperidine rings is 1. The zero-order valence-corrected chi connectivity index (χ0v) is 12.5. The van der Waals surface area contributed by atoms with Gasteiger partial charge in [-0.3, -0.25) is 9.59 Å². The van der Waals surface area contributed by atoms with Gasteiger partial charge in [-0.1, -0.05) is 19.8 Å². The lowest BCUT2D eigenvalue weighted by Gasteiger charge is -2.37. The molecule has 2 aliphatic rings. The molecule has 114 valence electrons. The summed E-state index contributed by atoms with van der Waals surface area (Å²) in [5, 5.41) is 3.03. The smallest absolute Gasteiger partial charge is 0.242 e. The van der Waals surface area contributed by atoms with Gasteiger partial charge in [0.15, 0.2) is 0 Å². The Morgan fingerprint density at radius 1 is 1.30 bits per heavy atom. The van der Waals surface area contributed by atoms with Crippen LogP contribution in [0, 0.1) is 0 Å². The number of nitrogens with one attached hydrogen (secondary N) is 1. The van der Waals surface area contributed by atoms with Gasteiger partial charge in [-0.05, 0) is 32.1 Å². The molecule has 2 amide bonds. The van der Waals surface area contributed by atoms with Crippen LogP contribution in [-0.2, 0) is 9.59 Å². The largest absolute Gasteiger partial charge is 0.352 e. The zero-order valence-electron chi connectivity index (χ0n) is 12.5. The molecule has 1 unspecified atom stereocenters.